The molecule has 1 N–H and O–H groups in total. The van der Waals surface area contributed by atoms with Crippen molar-refractivity contribution < 1.29 is 9.53 Å². The monoisotopic (exact) mass is 296 g/mol. The van der Waals surface area contributed by atoms with Crippen molar-refractivity contribution >= 4 is 23.2 Å². The molecule has 0 saturated heterocycles. The number of carbonyl (C=O) groups excluding carboxylic acids is 1. The summed E-state index contributed by atoms with van der Waals surface area (Å²) in [5, 5.41) is 4.03. The minimum absolute atomic E-state index is 0.0227. The first-order valence-corrected chi connectivity index (χ1v) is 7.28. The van der Waals surface area contributed by atoms with Gasteiger partial charge in [-0.25, -0.2) is 0 Å². The Morgan fingerprint density at radius 3 is 2.75 bits per heavy atom. The third kappa shape index (κ3) is 3.44. The Labute approximate surface area is 125 Å². The lowest BCUT2D eigenvalue weighted by Crippen LogP contribution is -2.40. The maximum atomic E-state index is 11.9. The number of ether oxygens (including phenoxy) is 1. The molecule has 0 bridgehead atoms. The molecular weight excluding hydrogens is 276 g/mol. The van der Waals surface area contributed by atoms with Gasteiger partial charge in [0.1, 0.15) is 0 Å². The number of rotatable bonds is 5. The quantitative estimate of drug-likeness (QED) is 0.908. The molecule has 0 aliphatic heterocycles. The molecule has 5 heteroatoms. The molecule has 0 spiro atoms. The van der Waals surface area contributed by atoms with E-state index in [1.54, 1.807) is 31.1 Å². The predicted molar refractivity (Wildman–Crippen MR) is 81.5 cm³/mol. The zero-order chi connectivity index (χ0) is 14.7. The minimum Gasteiger partial charge on any atom is -0.381 e. The molecule has 110 valence electrons. The first-order valence-electron chi connectivity index (χ1n) is 6.90. The van der Waals surface area contributed by atoms with Crippen LogP contribution in [0.4, 0.5) is 5.69 Å². The summed E-state index contributed by atoms with van der Waals surface area (Å²) in [6, 6.07) is 5.70. The second kappa shape index (κ2) is 6.46. The molecule has 1 aromatic rings. The van der Waals surface area contributed by atoms with Gasteiger partial charge in [0, 0.05) is 32.3 Å². The topological polar surface area (TPSA) is 41.6 Å². The lowest BCUT2D eigenvalue weighted by molar-refractivity contribution is 0.00299. The average molecular weight is 297 g/mol. The van der Waals surface area contributed by atoms with Gasteiger partial charge >= 0.3 is 0 Å². The van der Waals surface area contributed by atoms with Crippen molar-refractivity contribution in [1.29, 1.82) is 0 Å². The molecular formula is C15H21ClN2O2. The van der Waals surface area contributed by atoms with Crippen LogP contribution in [0.1, 0.15) is 30.1 Å². The van der Waals surface area contributed by atoms with E-state index in [0.29, 0.717) is 22.7 Å². The Morgan fingerprint density at radius 2 is 2.15 bits per heavy atom. The van der Waals surface area contributed by atoms with Crippen molar-refractivity contribution in [3.63, 3.8) is 0 Å². The Kier molecular flexibility index (Phi) is 4.89. The van der Waals surface area contributed by atoms with Crippen molar-refractivity contribution in [2.24, 2.45) is 0 Å². The highest BCUT2D eigenvalue weighted by molar-refractivity contribution is 6.33. The van der Waals surface area contributed by atoms with E-state index < -0.39 is 0 Å². The zero-order valence-corrected chi connectivity index (χ0v) is 12.9. The number of anilines is 1. The number of hydrogen-bond donors (Lipinski definition) is 1. The van der Waals surface area contributed by atoms with Gasteiger partial charge < -0.3 is 15.0 Å². The molecule has 2 rings (SSSR count). The fraction of sp³-hybridized carbons (Fsp3) is 0.533. The summed E-state index contributed by atoms with van der Waals surface area (Å²) in [6.45, 7) is 2.76. The predicted octanol–water partition coefficient (Wildman–Crippen LogP) is 3.02. The van der Waals surface area contributed by atoms with Crippen molar-refractivity contribution in [2.75, 3.05) is 26.0 Å². The molecule has 1 saturated carbocycles. The van der Waals surface area contributed by atoms with Gasteiger partial charge in [0.2, 0.25) is 0 Å². The van der Waals surface area contributed by atoms with Crippen LogP contribution in [0.3, 0.4) is 0 Å². The summed E-state index contributed by atoms with van der Waals surface area (Å²) in [4.78, 5) is 13.5. The second-order valence-electron chi connectivity index (χ2n) is 5.28. The number of nitrogens with one attached hydrogen (secondary N) is 1. The Bertz CT molecular complexity index is 485. The van der Waals surface area contributed by atoms with Crippen molar-refractivity contribution in [3.05, 3.63) is 28.8 Å². The lowest BCUT2D eigenvalue weighted by Gasteiger charge is -2.36. The highest BCUT2D eigenvalue weighted by atomic mass is 35.5. The maximum absolute atomic E-state index is 11.9. The van der Waals surface area contributed by atoms with Gasteiger partial charge in [-0.2, -0.15) is 0 Å². The third-order valence-electron chi connectivity index (χ3n) is 3.48. The molecule has 0 unspecified atom stereocenters. The molecule has 1 fully saturated rings. The van der Waals surface area contributed by atoms with Crippen LogP contribution in [0.2, 0.25) is 5.02 Å². The highest BCUT2D eigenvalue weighted by Gasteiger charge is 2.29. The fourth-order valence-electron chi connectivity index (χ4n) is 2.30. The molecule has 20 heavy (non-hydrogen) atoms. The maximum Gasteiger partial charge on any atom is 0.253 e. The number of amides is 1. The van der Waals surface area contributed by atoms with Crippen LogP contribution >= 0.6 is 11.6 Å². The summed E-state index contributed by atoms with van der Waals surface area (Å²) in [5.41, 5.74) is 1.46. The zero-order valence-electron chi connectivity index (χ0n) is 12.1. The lowest BCUT2D eigenvalue weighted by atomic mass is 9.89. The molecule has 0 heterocycles. The Hall–Kier alpha value is -1.26. The van der Waals surface area contributed by atoms with Crippen LogP contribution in [-0.2, 0) is 4.74 Å². The van der Waals surface area contributed by atoms with Crippen LogP contribution in [0, 0.1) is 0 Å². The normalized spacial score (nSPS) is 21.2. The molecule has 0 atom stereocenters. The van der Waals surface area contributed by atoms with E-state index >= 15 is 0 Å². The number of nitrogens with zero attached hydrogens (tertiary/aromatic N) is 1. The van der Waals surface area contributed by atoms with E-state index in [1.165, 1.54) is 0 Å². The number of hydrogen-bond acceptors (Lipinski definition) is 3. The third-order valence-corrected chi connectivity index (χ3v) is 3.81. The SMILES string of the molecule is CCOC1CC(Nc2cc(C(=O)N(C)C)ccc2Cl)C1. The van der Waals surface area contributed by atoms with E-state index in [2.05, 4.69) is 5.32 Å². The Morgan fingerprint density at radius 1 is 1.45 bits per heavy atom. The second-order valence-corrected chi connectivity index (χ2v) is 5.69. The summed E-state index contributed by atoms with van der Waals surface area (Å²) in [6.07, 6.45) is 2.31. The van der Waals surface area contributed by atoms with Gasteiger partial charge in [-0.05, 0) is 38.0 Å². The van der Waals surface area contributed by atoms with Crippen LogP contribution in [0.25, 0.3) is 0 Å². The van der Waals surface area contributed by atoms with Crippen molar-refractivity contribution in [2.45, 2.75) is 31.9 Å². The molecule has 0 aromatic heterocycles. The van der Waals surface area contributed by atoms with E-state index in [1.807, 2.05) is 13.0 Å². The molecule has 1 aliphatic rings. The van der Waals surface area contributed by atoms with Gasteiger partial charge in [-0.3, -0.25) is 4.79 Å². The molecule has 1 aliphatic carbocycles. The number of benzene rings is 1. The van der Waals surface area contributed by atoms with Crippen LogP contribution in [-0.4, -0.2) is 43.7 Å². The minimum atomic E-state index is -0.0227. The average Bonchev–Trinajstić information content (AvgIpc) is 2.37. The van der Waals surface area contributed by atoms with Crippen molar-refractivity contribution in [3.8, 4) is 0 Å². The largest absolute Gasteiger partial charge is 0.381 e. The molecule has 1 aromatic carbocycles. The first kappa shape index (κ1) is 15.1. The fourth-order valence-corrected chi connectivity index (χ4v) is 2.47. The number of carbonyl (C=O) groups is 1. The van der Waals surface area contributed by atoms with Gasteiger partial charge in [-0.1, -0.05) is 11.6 Å². The standard InChI is InChI=1S/C15H21ClN2O2/c1-4-20-12-8-11(9-12)17-14-7-10(5-6-13(14)16)15(19)18(2)3/h5-7,11-12,17H,4,8-9H2,1-3H3. The molecule has 4 nitrogen and oxygen atoms in total. The van der Waals surface area contributed by atoms with Gasteiger partial charge in [-0.15, -0.1) is 0 Å². The summed E-state index contributed by atoms with van der Waals surface area (Å²) in [5.74, 6) is -0.0227. The van der Waals surface area contributed by atoms with Gasteiger partial charge in [0.05, 0.1) is 16.8 Å². The van der Waals surface area contributed by atoms with Crippen LogP contribution in [0.5, 0.6) is 0 Å². The van der Waals surface area contributed by atoms with Gasteiger partial charge in [0.25, 0.3) is 5.91 Å². The van der Waals surface area contributed by atoms with E-state index in [4.69, 9.17) is 16.3 Å². The summed E-state index contributed by atoms with van der Waals surface area (Å²) in [7, 11) is 3.48. The molecule has 1 amide bonds. The summed E-state index contributed by atoms with van der Waals surface area (Å²) < 4.78 is 5.54. The summed E-state index contributed by atoms with van der Waals surface area (Å²) >= 11 is 6.18. The smallest absolute Gasteiger partial charge is 0.253 e. The number of halogens is 1. The van der Waals surface area contributed by atoms with E-state index in [9.17, 15) is 4.79 Å². The van der Waals surface area contributed by atoms with Crippen LogP contribution in [0.15, 0.2) is 18.2 Å². The van der Waals surface area contributed by atoms with Crippen LogP contribution < -0.4 is 5.32 Å². The van der Waals surface area contributed by atoms with Crippen molar-refractivity contribution in [1.82, 2.24) is 4.90 Å². The van der Waals surface area contributed by atoms with E-state index in [0.717, 1.165) is 25.1 Å². The Balaban J connectivity index is 2.01. The molecule has 0 radical (unpaired) electrons. The highest BCUT2D eigenvalue weighted by Crippen LogP contribution is 2.30. The van der Waals surface area contributed by atoms with E-state index in [-0.39, 0.29) is 5.91 Å². The first-order chi connectivity index (χ1) is 9.51. The van der Waals surface area contributed by atoms with Gasteiger partial charge in [0.15, 0.2) is 0 Å².